The topological polar surface area (TPSA) is 38.1 Å². The molecule has 102 valence electrons. The largest absolute Gasteiger partial charge is 0.360 e. The third-order valence-corrected chi connectivity index (χ3v) is 6.27. The Hall–Kier alpha value is -0.830. The molecule has 3 heteroatoms. The second kappa shape index (κ2) is 3.85. The summed E-state index contributed by atoms with van der Waals surface area (Å²) < 4.78 is 5.85. The average Bonchev–Trinajstić information content (AvgIpc) is 2.82. The maximum absolute atomic E-state index is 5.85. The van der Waals surface area contributed by atoms with Gasteiger partial charge >= 0.3 is 0 Å². The molecule has 0 unspecified atom stereocenters. The van der Waals surface area contributed by atoms with Crippen molar-refractivity contribution < 1.29 is 4.52 Å². The molecule has 1 aromatic rings. The fourth-order valence-electron chi connectivity index (χ4n) is 5.80. The predicted molar refractivity (Wildman–Crippen MR) is 71.7 cm³/mol. The first-order valence-electron chi connectivity index (χ1n) is 8.06. The molecule has 5 aliphatic rings. The summed E-state index contributed by atoms with van der Waals surface area (Å²) in [6.45, 7) is 2.00. The first kappa shape index (κ1) is 10.9. The standard InChI is InChI=1S/C16H22N2O/c1-2-17-8-14-13(1)16(19-18-14)15-11-4-9-3-10(6-11)7-12(15)5-9/h9-12,15,17H,1-8H2. The SMILES string of the molecule is C1Cc2c(noc2C2C3CC4CC(C3)CC2C4)CN1. The first-order valence-corrected chi connectivity index (χ1v) is 8.06. The lowest BCUT2D eigenvalue weighted by Gasteiger charge is -2.53. The summed E-state index contributed by atoms with van der Waals surface area (Å²) in [4.78, 5) is 0. The number of nitrogens with one attached hydrogen (secondary N) is 1. The van der Waals surface area contributed by atoms with Crippen molar-refractivity contribution in [3.63, 3.8) is 0 Å². The quantitative estimate of drug-likeness (QED) is 0.841. The summed E-state index contributed by atoms with van der Waals surface area (Å²) in [6, 6.07) is 0. The highest BCUT2D eigenvalue weighted by atomic mass is 16.5. The van der Waals surface area contributed by atoms with Crippen LogP contribution in [-0.4, -0.2) is 11.7 Å². The molecule has 0 aromatic carbocycles. The summed E-state index contributed by atoms with van der Waals surface area (Å²) in [7, 11) is 0. The van der Waals surface area contributed by atoms with Crippen LogP contribution in [0.1, 0.15) is 55.0 Å². The molecule has 6 rings (SSSR count). The molecule has 0 radical (unpaired) electrons. The normalized spacial score (nSPS) is 43.5. The highest BCUT2D eigenvalue weighted by Crippen LogP contribution is 2.60. The molecule has 4 fully saturated rings. The third-order valence-electron chi connectivity index (χ3n) is 6.27. The molecule has 4 saturated carbocycles. The molecule has 0 spiro atoms. The van der Waals surface area contributed by atoms with Crippen LogP contribution in [-0.2, 0) is 13.0 Å². The van der Waals surface area contributed by atoms with E-state index in [1.165, 1.54) is 49.1 Å². The second-order valence-electron chi connectivity index (χ2n) is 7.36. The van der Waals surface area contributed by atoms with Gasteiger partial charge in [0.15, 0.2) is 0 Å². The molecule has 1 aliphatic heterocycles. The number of rotatable bonds is 1. The van der Waals surface area contributed by atoms with Crippen molar-refractivity contribution in [2.24, 2.45) is 23.7 Å². The molecule has 19 heavy (non-hydrogen) atoms. The van der Waals surface area contributed by atoms with Gasteiger partial charge in [-0.05, 0) is 68.7 Å². The average molecular weight is 258 g/mol. The Bertz CT molecular complexity index is 479. The zero-order valence-electron chi connectivity index (χ0n) is 11.4. The Kier molecular flexibility index (Phi) is 2.21. The highest BCUT2D eigenvalue weighted by Gasteiger charge is 2.50. The van der Waals surface area contributed by atoms with Gasteiger partial charge in [0.2, 0.25) is 0 Å². The van der Waals surface area contributed by atoms with E-state index in [1.807, 2.05) is 0 Å². The van der Waals surface area contributed by atoms with Crippen LogP contribution < -0.4 is 5.32 Å². The Labute approximate surface area is 114 Å². The summed E-state index contributed by atoms with van der Waals surface area (Å²) in [5.74, 6) is 5.90. The summed E-state index contributed by atoms with van der Waals surface area (Å²) in [5.41, 5.74) is 2.66. The van der Waals surface area contributed by atoms with Crippen molar-refractivity contribution in [3.05, 3.63) is 17.0 Å². The van der Waals surface area contributed by atoms with E-state index < -0.39 is 0 Å². The van der Waals surface area contributed by atoms with E-state index in [2.05, 4.69) is 10.5 Å². The molecule has 0 atom stereocenters. The molecule has 4 aliphatic carbocycles. The molecule has 0 amide bonds. The van der Waals surface area contributed by atoms with Crippen molar-refractivity contribution in [1.29, 1.82) is 0 Å². The maximum atomic E-state index is 5.85. The van der Waals surface area contributed by atoms with E-state index in [0.717, 1.165) is 43.2 Å². The van der Waals surface area contributed by atoms with Crippen LogP contribution in [0.4, 0.5) is 0 Å². The molecule has 3 nitrogen and oxygen atoms in total. The Morgan fingerprint density at radius 1 is 1.00 bits per heavy atom. The minimum atomic E-state index is 0.710. The van der Waals surface area contributed by atoms with E-state index in [4.69, 9.17) is 4.52 Å². The van der Waals surface area contributed by atoms with E-state index >= 15 is 0 Å². The molecular weight excluding hydrogens is 236 g/mol. The molecule has 2 heterocycles. The van der Waals surface area contributed by atoms with Crippen molar-refractivity contribution in [2.75, 3.05) is 6.54 Å². The van der Waals surface area contributed by atoms with Gasteiger partial charge in [0.05, 0.1) is 0 Å². The number of fused-ring (bicyclic) bond motifs is 1. The summed E-state index contributed by atoms with van der Waals surface area (Å²) in [5, 5.41) is 7.75. The third kappa shape index (κ3) is 1.51. The van der Waals surface area contributed by atoms with Crippen molar-refractivity contribution in [1.82, 2.24) is 10.5 Å². The van der Waals surface area contributed by atoms with E-state index in [-0.39, 0.29) is 0 Å². The molecule has 0 saturated heterocycles. The van der Waals surface area contributed by atoms with Crippen molar-refractivity contribution in [3.8, 4) is 0 Å². The monoisotopic (exact) mass is 258 g/mol. The number of nitrogens with zero attached hydrogens (tertiary/aromatic N) is 1. The molecule has 1 N–H and O–H groups in total. The van der Waals surface area contributed by atoms with Crippen LogP contribution in [0.5, 0.6) is 0 Å². The zero-order chi connectivity index (χ0) is 12.4. The first-order chi connectivity index (χ1) is 9.38. The maximum Gasteiger partial charge on any atom is 0.143 e. The van der Waals surface area contributed by atoms with Gasteiger partial charge in [-0.25, -0.2) is 0 Å². The van der Waals surface area contributed by atoms with E-state index in [0.29, 0.717) is 5.92 Å². The predicted octanol–water partition coefficient (Wildman–Crippen LogP) is 2.86. The zero-order valence-corrected chi connectivity index (χ0v) is 11.4. The Morgan fingerprint density at radius 2 is 1.74 bits per heavy atom. The molecular formula is C16H22N2O. The Morgan fingerprint density at radius 3 is 2.47 bits per heavy atom. The lowest BCUT2D eigenvalue weighted by Crippen LogP contribution is -2.44. The van der Waals surface area contributed by atoms with Crippen molar-refractivity contribution in [2.45, 2.75) is 51.0 Å². The van der Waals surface area contributed by atoms with Gasteiger partial charge < -0.3 is 9.84 Å². The number of hydrogen-bond acceptors (Lipinski definition) is 3. The van der Waals surface area contributed by atoms with Gasteiger partial charge in [0.25, 0.3) is 0 Å². The highest BCUT2D eigenvalue weighted by molar-refractivity contribution is 5.30. The van der Waals surface area contributed by atoms with Gasteiger partial charge in [-0.3, -0.25) is 0 Å². The van der Waals surface area contributed by atoms with Gasteiger partial charge in [-0.1, -0.05) is 5.16 Å². The second-order valence-corrected chi connectivity index (χ2v) is 7.36. The van der Waals surface area contributed by atoms with Crippen LogP contribution >= 0.6 is 0 Å². The Balaban J connectivity index is 1.54. The molecule has 1 aromatic heterocycles. The molecule has 4 bridgehead atoms. The lowest BCUT2D eigenvalue weighted by molar-refractivity contribution is -0.0117. The minimum Gasteiger partial charge on any atom is -0.360 e. The van der Waals surface area contributed by atoms with E-state index in [9.17, 15) is 0 Å². The smallest absolute Gasteiger partial charge is 0.143 e. The summed E-state index contributed by atoms with van der Waals surface area (Å²) in [6.07, 6.45) is 8.50. The van der Waals surface area contributed by atoms with Crippen LogP contribution in [0.2, 0.25) is 0 Å². The van der Waals surface area contributed by atoms with Crippen molar-refractivity contribution >= 4 is 0 Å². The van der Waals surface area contributed by atoms with E-state index in [1.54, 1.807) is 0 Å². The minimum absolute atomic E-state index is 0.710. The van der Waals surface area contributed by atoms with Crippen LogP contribution in [0, 0.1) is 23.7 Å². The van der Waals surface area contributed by atoms with Crippen LogP contribution in [0.25, 0.3) is 0 Å². The fraction of sp³-hybridized carbons (Fsp3) is 0.812. The van der Waals surface area contributed by atoms with Gasteiger partial charge in [-0.2, -0.15) is 0 Å². The number of aromatic nitrogens is 1. The summed E-state index contributed by atoms with van der Waals surface area (Å²) >= 11 is 0. The van der Waals surface area contributed by atoms with Gasteiger partial charge in [-0.15, -0.1) is 0 Å². The van der Waals surface area contributed by atoms with Crippen LogP contribution in [0.3, 0.4) is 0 Å². The lowest BCUT2D eigenvalue weighted by atomic mass is 9.51. The van der Waals surface area contributed by atoms with Gasteiger partial charge in [0, 0.05) is 18.0 Å². The fourth-order valence-corrected chi connectivity index (χ4v) is 5.80. The van der Waals surface area contributed by atoms with Crippen LogP contribution in [0.15, 0.2) is 4.52 Å². The number of hydrogen-bond donors (Lipinski definition) is 1. The van der Waals surface area contributed by atoms with Gasteiger partial charge in [0.1, 0.15) is 11.5 Å².